The molecule has 1 aliphatic carbocycles. The van der Waals surface area contributed by atoms with E-state index in [2.05, 4.69) is 12.2 Å². The first-order valence-electron chi connectivity index (χ1n) is 5.24. The van der Waals surface area contributed by atoms with Crippen molar-refractivity contribution in [1.82, 2.24) is 10.2 Å². The Morgan fingerprint density at radius 3 is 2.92 bits per heavy atom. The maximum atomic E-state index is 11.3. The molecule has 0 aromatic heterocycles. The normalized spacial score (nSPS) is 34.5. The van der Waals surface area contributed by atoms with Crippen LogP contribution in [0.2, 0.25) is 0 Å². The molecule has 0 bridgehead atoms. The molecule has 1 aliphatic heterocycles. The molecule has 1 N–H and O–H groups in total. The van der Waals surface area contributed by atoms with Crippen LogP contribution < -0.4 is 5.32 Å². The van der Waals surface area contributed by atoms with Gasteiger partial charge >= 0.3 is 0 Å². The van der Waals surface area contributed by atoms with Gasteiger partial charge in [-0.2, -0.15) is 0 Å². The molecule has 3 nitrogen and oxygen atoms in total. The molecule has 1 amide bonds. The average molecular weight is 182 g/mol. The number of hydrogen-bond acceptors (Lipinski definition) is 2. The second-order valence-electron chi connectivity index (χ2n) is 4.49. The largest absolute Gasteiger partial charge is 0.329 e. The predicted molar refractivity (Wildman–Crippen MR) is 51.1 cm³/mol. The molecule has 0 aromatic carbocycles. The highest BCUT2D eigenvalue weighted by atomic mass is 16.2. The highest BCUT2D eigenvalue weighted by Crippen LogP contribution is 2.30. The van der Waals surface area contributed by atoms with Crippen LogP contribution in [0.15, 0.2) is 0 Å². The second-order valence-corrected chi connectivity index (χ2v) is 4.49. The molecule has 1 heterocycles. The minimum Gasteiger partial charge on any atom is -0.329 e. The third kappa shape index (κ3) is 2.02. The second kappa shape index (κ2) is 3.66. The Morgan fingerprint density at radius 1 is 1.54 bits per heavy atom. The summed E-state index contributed by atoms with van der Waals surface area (Å²) in [6.07, 6.45) is 3.97. The fourth-order valence-corrected chi connectivity index (χ4v) is 2.47. The van der Waals surface area contributed by atoms with Crippen LogP contribution in [0.4, 0.5) is 0 Å². The molecule has 0 aromatic rings. The maximum Gasteiger partial charge on any atom is 0.237 e. The SMILES string of the molecule is CC1CCC(CN2CNCC2=O)C1. The molecule has 3 heteroatoms. The van der Waals surface area contributed by atoms with E-state index in [1.54, 1.807) is 0 Å². The van der Waals surface area contributed by atoms with Gasteiger partial charge in [0.25, 0.3) is 0 Å². The van der Waals surface area contributed by atoms with Crippen molar-refractivity contribution in [2.45, 2.75) is 26.2 Å². The van der Waals surface area contributed by atoms with E-state index in [-0.39, 0.29) is 5.91 Å². The van der Waals surface area contributed by atoms with Crippen molar-refractivity contribution < 1.29 is 4.79 Å². The van der Waals surface area contributed by atoms with Gasteiger partial charge in [-0.05, 0) is 24.7 Å². The number of hydrogen-bond donors (Lipinski definition) is 1. The molecule has 74 valence electrons. The molecule has 2 unspecified atom stereocenters. The molecule has 0 spiro atoms. The molecular weight excluding hydrogens is 164 g/mol. The first kappa shape index (κ1) is 9.00. The summed E-state index contributed by atoms with van der Waals surface area (Å²) in [5.74, 6) is 1.91. The van der Waals surface area contributed by atoms with Crippen molar-refractivity contribution >= 4 is 5.91 Å². The van der Waals surface area contributed by atoms with Crippen molar-refractivity contribution in [3.05, 3.63) is 0 Å². The fourth-order valence-electron chi connectivity index (χ4n) is 2.47. The lowest BCUT2D eigenvalue weighted by Gasteiger charge is -2.19. The average Bonchev–Trinajstić information content (AvgIpc) is 2.64. The van der Waals surface area contributed by atoms with Gasteiger partial charge in [-0.15, -0.1) is 0 Å². The molecule has 2 aliphatic rings. The Morgan fingerprint density at radius 2 is 2.38 bits per heavy atom. The van der Waals surface area contributed by atoms with Crippen LogP contribution in [-0.2, 0) is 4.79 Å². The molecule has 1 saturated carbocycles. The van der Waals surface area contributed by atoms with E-state index in [0.717, 1.165) is 25.0 Å². The Bertz CT molecular complexity index is 205. The van der Waals surface area contributed by atoms with Gasteiger partial charge in [0.1, 0.15) is 0 Å². The van der Waals surface area contributed by atoms with E-state index >= 15 is 0 Å². The Kier molecular flexibility index (Phi) is 2.54. The van der Waals surface area contributed by atoms with E-state index < -0.39 is 0 Å². The minimum absolute atomic E-state index is 0.277. The van der Waals surface area contributed by atoms with Gasteiger partial charge in [-0.1, -0.05) is 13.3 Å². The summed E-state index contributed by atoms with van der Waals surface area (Å²) in [5.41, 5.74) is 0. The van der Waals surface area contributed by atoms with Crippen LogP contribution >= 0.6 is 0 Å². The summed E-state index contributed by atoms with van der Waals surface area (Å²) in [5, 5.41) is 3.08. The van der Waals surface area contributed by atoms with Crippen LogP contribution in [-0.4, -0.2) is 30.6 Å². The molecule has 13 heavy (non-hydrogen) atoms. The van der Waals surface area contributed by atoms with Crippen LogP contribution in [0.3, 0.4) is 0 Å². The van der Waals surface area contributed by atoms with E-state index in [4.69, 9.17) is 0 Å². The summed E-state index contributed by atoms with van der Waals surface area (Å²) in [7, 11) is 0. The lowest BCUT2D eigenvalue weighted by Crippen LogP contribution is -2.31. The summed E-state index contributed by atoms with van der Waals surface area (Å²) in [6.45, 7) is 4.60. The van der Waals surface area contributed by atoms with E-state index in [9.17, 15) is 4.79 Å². The van der Waals surface area contributed by atoms with Crippen molar-refractivity contribution in [1.29, 1.82) is 0 Å². The Balaban J connectivity index is 1.81. The Hall–Kier alpha value is -0.570. The topological polar surface area (TPSA) is 32.3 Å². The first-order chi connectivity index (χ1) is 6.25. The molecule has 0 radical (unpaired) electrons. The predicted octanol–water partition coefficient (Wildman–Crippen LogP) is 0.812. The molecule has 1 saturated heterocycles. The highest BCUT2D eigenvalue weighted by molar-refractivity contribution is 5.79. The van der Waals surface area contributed by atoms with E-state index in [1.165, 1.54) is 19.3 Å². The van der Waals surface area contributed by atoms with Gasteiger partial charge in [0.2, 0.25) is 5.91 Å². The lowest BCUT2D eigenvalue weighted by molar-refractivity contribution is -0.127. The zero-order valence-corrected chi connectivity index (χ0v) is 8.25. The molecule has 2 atom stereocenters. The van der Waals surface area contributed by atoms with Crippen LogP contribution in [0.25, 0.3) is 0 Å². The maximum absolute atomic E-state index is 11.3. The number of carbonyl (C=O) groups excluding carboxylic acids is 1. The van der Waals surface area contributed by atoms with E-state index in [1.807, 2.05) is 4.90 Å². The Labute approximate surface area is 79.5 Å². The monoisotopic (exact) mass is 182 g/mol. The third-order valence-electron chi connectivity index (χ3n) is 3.21. The highest BCUT2D eigenvalue weighted by Gasteiger charge is 2.27. The number of nitrogens with one attached hydrogen (secondary N) is 1. The van der Waals surface area contributed by atoms with Crippen LogP contribution in [0.5, 0.6) is 0 Å². The van der Waals surface area contributed by atoms with Crippen molar-refractivity contribution in [3.63, 3.8) is 0 Å². The number of amides is 1. The van der Waals surface area contributed by atoms with Crippen LogP contribution in [0, 0.1) is 11.8 Å². The summed E-state index contributed by atoms with van der Waals surface area (Å²) in [4.78, 5) is 13.3. The number of carbonyl (C=O) groups is 1. The molecular formula is C10H18N2O. The number of rotatable bonds is 2. The van der Waals surface area contributed by atoms with E-state index in [0.29, 0.717) is 6.54 Å². The summed E-state index contributed by atoms with van der Waals surface area (Å²) >= 11 is 0. The van der Waals surface area contributed by atoms with Gasteiger partial charge in [0, 0.05) is 6.54 Å². The van der Waals surface area contributed by atoms with Gasteiger partial charge < -0.3 is 4.90 Å². The summed E-state index contributed by atoms with van der Waals surface area (Å²) in [6, 6.07) is 0. The van der Waals surface area contributed by atoms with Crippen molar-refractivity contribution in [2.24, 2.45) is 11.8 Å². The first-order valence-corrected chi connectivity index (χ1v) is 5.24. The quantitative estimate of drug-likeness (QED) is 0.685. The van der Waals surface area contributed by atoms with Crippen molar-refractivity contribution in [2.75, 3.05) is 19.8 Å². The smallest absolute Gasteiger partial charge is 0.237 e. The standard InChI is InChI=1S/C10H18N2O/c1-8-2-3-9(4-8)6-12-7-11-5-10(12)13/h8-9,11H,2-7H2,1H3. The van der Waals surface area contributed by atoms with Gasteiger partial charge in [0.15, 0.2) is 0 Å². The molecule has 2 fully saturated rings. The van der Waals surface area contributed by atoms with Crippen molar-refractivity contribution in [3.8, 4) is 0 Å². The lowest BCUT2D eigenvalue weighted by atomic mass is 10.1. The zero-order chi connectivity index (χ0) is 9.26. The van der Waals surface area contributed by atoms with Gasteiger partial charge in [-0.3, -0.25) is 10.1 Å². The third-order valence-corrected chi connectivity index (χ3v) is 3.21. The fraction of sp³-hybridized carbons (Fsp3) is 0.900. The zero-order valence-electron chi connectivity index (χ0n) is 8.25. The van der Waals surface area contributed by atoms with Gasteiger partial charge in [0.05, 0.1) is 13.2 Å². The minimum atomic E-state index is 0.277. The number of nitrogens with zero attached hydrogens (tertiary/aromatic N) is 1. The summed E-state index contributed by atoms with van der Waals surface area (Å²) < 4.78 is 0. The molecule has 2 rings (SSSR count). The van der Waals surface area contributed by atoms with Crippen LogP contribution in [0.1, 0.15) is 26.2 Å². The van der Waals surface area contributed by atoms with Gasteiger partial charge in [-0.25, -0.2) is 0 Å².